The maximum absolute atomic E-state index is 5.63. The lowest BCUT2D eigenvalue weighted by atomic mass is 10.1. The molecule has 0 heterocycles. The summed E-state index contributed by atoms with van der Waals surface area (Å²) in [4.78, 5) is 2.49. The van der Waals surface area contributed by atoms with Crippen molar-refractivity contribution in [2.24, 2.45) is 5.73 Å². The van der Waals surface area contributed by atoms with Crippen LogP contribution in [-0.4, -0.2) is 12.1 Å². The van der Waals surface area contributed by atoms with Gasteiger partial charge in [-0.25, -0.2) is 0 Å². The average molecular weight is 234 g/mol. The Balaban J connectivity index is 2.89. The third kappa shape index (κ3) is 3.74. The van der Waals surface area contributed by atoms with E-state index in [9.17, 15) is 0 Å². The molecule has 0 aliphatic heterocycles. The summed E-state index contributed by atoms with van der Waals surface area (Å²) in [6.45, 7) is 9.67. The lowest BCUT2D eigenvalue weighted by Gasteiger charge is -2.35. The first-order valence-electron chi connectivity index (χ1n) is 6.67. The van der Waals surface area contributed by atoms with E-state index in [4.69, 9.17) is 5.73 Å². The predicted octanol–water partition coefficient (Wildman–Crippen LogP) is 3.55. The van der Waals surface area contributed by atoms with Crippen molar-refractivity contribution in [3.63, 3.8) is 0 Å². The van der Waals surface area contributed by atoms with Crippen LogP contribution < -0.4 is 10.6 Å². The van der Waals surface area contributed by atoms with Crippen LogP contribution in [-0.2, 0) is 6.54 Å². The van der Waals surface area contributed by atoms with Crippen molar-refractivity contribution in [1.29, 1.82) is 0 Å². The topological polar surface area (TPSA) is 29.3 Å². The van der Waals surface area contributed by atoms with E-state index in [1.165, 1.54) is 24.1 Å². The van der Waals surface area contributed by atoms with Gasteiger partial charge < -0.3 is 10.6 Å². The number of rotatable bonds is 6. The minimum atomic E-state index is 0.528. The van der Waals surface area contributed by atoms with Crippen LogP contribution in [0, 0.1) is 0 Å². The van der Waals surface area contributed by atoms with E-state index in [0.717, 1.165) is 0 Å². The second-order valence-corrected chi connectivity index (χ2v) is 5.01. The first-order valence-corrected chi connectivity index (χ1v) is 6.67. The number of benzene rings is 1. The second-order valence-electron chi connectivity index (χ2n) is 5.01. The fraction of sp³-hybridized carbons (Fsp3) is 0.600. The summed E-state index contributed by atoms with van der Waals surface area (Å²) in [5.74, 6) is 0. The molecule has 0 bridgehead atoms. The van der Waals surface area contributed by atoms with E-state index in [1.54, 1.807) is 0 Å². The van der Waals surface area contributed by atoms with Gasteiger partial charge >= 0.3 is 0 Å². The fourth-order valence-corrected chi connectivity index (χ4v) is 2.42. The molecule has 1 rings (SSSR count). The molecule has 0 aromatic heterocycles. The van der Waals surface area contributed by atoms with Crippen molar-refractivity contribution in [2.75, 3.05) is 4.90 Å². The highest BCUT2D eigenvalue weighted by Crippen LogP contribution is 2.22. The molecule has 0 saturated carbocycles. The third-order valence-electron chi connectivity index (χ3n) is 3.21. The molecule has 17 heavy (non-hydrogen) atoms. The molecule has 0 spiro atoms. The zero-order valence-corrected chi connectivity index (χ0v) is 11.6. The quantitative estimate of drug-likeness (QED) is 0.815. The maximum atomic E-state index is 5.63. The highest BCUT2D eigenvalue weighted by Gasteiger charge is 2.16. The van der Waals surface area contributed by atoms with Crippen LogP contribution in [0.4, 0.5) is 5.69 Å². The van der Waals surface area contributed by atoms with Crippen LogP contribution in [0.2, 0.25) is 0 Å². The minimum Gasteiger partial charge on any atom is -0.366 e. The number of nitrogens with zero attached hydrogens (tertiary/aromatic N) is 1. The van der Waals surface area contributed by atoms with E-state index in [1.807, 2.05) is 0 Å². The molecule has 0 radical (unpaired) electrons. The number of nitrogens with two attached hydrogens (primary N) is 1. The normalized spacial score (nSPS) is 12.8. The molecule has 1 atom stereocenters. The van der Waals surface area contributed by atoms with E-state index in [-0.39, 0.29) is 0 Å². The molecule has 96 valence electrons. The van der Waals surface area contributed by atoms with Gasteiger partial charge in [0, 0.05) is 24.3 Å². The lowest BCUT2D eigenvalue weighted by molar-refractivity contribution is 0.537. The summed E-state index contributed by atoms with van der Waals surface area (Å²) in [6.07, 6.45) is 2.46. The van der Waals surface area contributed by atoms with Crippen molar-refractivity contribution in [2.45, 2.75) is 59.2 Å². The lowest BCUT2D eigenvalue weighted by Crippen LogP contribution is -2.38. The summed E-state index contributed by atoms with van der Waals surface area (Å²) in [5.41, 5.74) is 8.13. The maximum Gasteiger partial charge on any atom is 0.0371 e. The molecule has 0 saturated heterocycles. The molecule has 0 fully saturated rings. The van der Waals surface area contributed by atoms with Gasteiger partial charge in [-0.2, -0.15) is 0 Å². The van der Waals surface area contributed by atoms with Gasteiger partial charge in [-0.15, -0.1) is 0 Å². The van der Waals surface area contributed by atoms with Crippen molar-refractivity contribution in [3.8, 4) is 0 Å². The Labute approximate surface area is 106 Å². The first kappa shape index (κ1) is 14.0. The van der Waals surface area contributed by atoms with E-state index >= 15 is 0 Å². The van der Waals surface area contributed by atoms with Crippen LogP contribution >= 0.6 is 0 Å². The summed E-state index contributed by atoms with van der Waals surface area (Å²) in [7, 11) is 0. The number of hydrogen-bond acceptors (Lipinski definition) is 2. The SMILES string of the molecule is CCCC(C)N(c1ccc(CN)cc1)C(C)C. The third-order valence-corrected chi connectivity index (χ3v) is 3.21. The highest BCUT2D eigenvalue weighted by molar-refractivity contribution is 5.49. The fourth-order valence-electron chi connectivity index (χ4n) is 2.42. The molecule has 2 heteroatoms. The molecular formula is C15H26N2. The van der Waals surface area contributed by atoms with Gasteiger partial charge in [0.05, 0.1) is 0 Å². The van der Waals surface area contributed by atoms with Crippen molar-refractivity contribution in [1.82, 2.24) is 0 Å². The minimum absolute atomic E-state index is 0.528. The standard InChI is InChI=1S/C15H26N2/c1-5-6-13(4)17(12(2)3)15-9-7-14(11-16)8-10-15/h7-10,12-13H,5-6,11,16H2,1-4H3. The molecular weight excluding hydrogens is 208 g/mol. The van der Waals surface area contributed by atoms with Crippen LogP contribution in [0.15, 0.2) is 24.3 Å². The van der Waals surface area contributed by atoms with Gasteiger partial charge in [-0.3, -0.25) is 0 Å². The Morgan fingerprint density at radius 1 is 1.12 bits per heavy atom. The Kier molecular flexibility index (Phi) is 5.49. The van der Waals surface area contributed by atoms with Gasteiger partial charge in [-0.05, 0) is 44.9 Å². The molecule has 1 unspecified atom stereocenters. The zero-order chi connectivity index (χ0) is 12.8. The number of anilines is 1. The Hall–Kier alpha value is -1.02. The molecule has 0 aliphatic rings. The molecule has 0 aliphatic carbocycles. The molecule has 2 N–H and O–H groups in total. The predicted molar refractivity (Wildman–Crippen MR) is 76.3 cm³/mol. The van der Waals surface area contributed by atoms with Gasteiger partial charge in [-0.1, -0.05) is 25.5 Å². The van der Waals surface area contributed by atoms with Crippen LogP contribution in [0.1, 0.15) is 46.1 Å². The van der Waals surface area contributed by atoms with Gasteiger partial charge in [0.2, 0.25) is 0 Å². The summed E-state index contributed by atoms with van der Waals surface area (Å²) >= 11 is 0. The Morgan fingerprint density at radius 3 is 2.12 bits per heavy atom. The van der Waals surface area contributed by atoms with Gasteiger partial charge in [0.1, 0.15) is 0 Å². The molecule has 1 aromatic rings. The van der Waals surface area contributed by atoms with Crippen molar-refractivity contribution in [3.05, 3.63) is 29.8 Å². The smallest absolute Gasteiger partial charge is 0.0371 e. The van der Waals surface area contributed by atoms with Crippen molar-refractivity contribution >= 4 is 5.69 Å². The van der Waals surface area contributed by atoms with Gasteiger partial charge in [0.15, 0.2) is 0 Å². The van der Waals surface area contributed by atoms with Crippen molar-refractivity contribution < 1.29 is 0 Å². The second kappa shape index (κ2) is 6.65. The summed E-state index contributed by atoms with van der Waals surface area (Å²) in [6, 6.07) is 9.75. The van der Waals surface area contributed by atoms with E-state index in [0.29, 0.717) is 18.6 Å². The molecule has 1 aromatic carbocycles. The molecule has 0 amide bonds. The number of hydrogen-bond donors (Lipinski definition) is 1. The largest absolute Gasteiger partial charge is 0.366 e. The average Bonchev–Trinajstić information content (AvgIpc) is 2.30. The zero-order valence-electron chi connectivity index (χ0n) is 11.6. The summed E-state index contributed by atoms with van der Waals surface area (Å²) < 4.78 is 0. The summed E-state index contributed by atoms with van der Waals surface area (Å²) in [5, 5.41) is 0. The van der Waals surface area contributed by atoms with Gasteiger partial charge in [0.25, 0.3) is 0 Å². The van der Waals surface area contributed by atoms with Crippen LogP contribution in [0.5, 0.6) is 0 Å². The monoisotopic (exact) mass is 234 g/mol. The van der Waals surface area contributed by atoms with Crippen LogP contribution in [0.25, 0.3) is 0 Å². The molecule has 2 nitrogen and oxygen atoms in total. The van der Waals surface area contributed by atoms with Crippen LogP contribution in [0.3, 0.4) is 0 Å². The first-order chi connectivity index (χ1) is 8.10. The highest BCUT2D eigenvalue weighted by atomic mass is 15.2. The Bertz CT molecular complexity index is 316. The van der Waals surface area contributed by atoms with E-state index < -0.39 is 0 Å². The Morgan fingerprint density at radius 2 is 1.71 bits per heavy atom. The van der Waals surface area contributed by atoms with E-state index in [2.05, 4.69) is 56.9 Å².